The highest BCUT2D eigenvalue weighted by Crippen LogP contribution is 2.27. The average Bonchev–Trinajstić information content (AvgIpc) is 3.45. The minimum Gasteiger partial charge on any atom is -0.444 e. The van der Waals surface area contributed by atoms with E-state index in [4.69, 9.17) is 9.72 Å². The zero-order chi connectivity index (χ0) is 29.5. The topological polar surface area (TPSA) is 114 Å². The van der Waals surface area contributed by atoms with Gasteiger partial charge in [-0.1, -0.05) is 6.07 Å². The number of ether oxygens (including phenoxy) is 1. The molecule has 218 valence electrons. The quantitative estimate of drug-likeness (QED) is 0.391. The lowest BCUT2D eigenvalue weighted by Gasteiger charge is -2.27. The van der Waals surface area contributed by atoms with E-state index < -0.39 is 30.5 Å². The Hall–Kier alpha value is -4.20. The van der Waals surface area contributed by atoms with Crippen LogP contribution in [-0.4, -0.2) is 89.7 Å². The van der Waals surface area contributed by atoms with Gasteiger partial charge in [0.05, 0.1) is 36.3 Å². The summed E-state index contributed by atoms with van der Waals surface area (Å²) in [6.07, 6.45) is 0.200. The maximum Gasteiger partial charge on any atom is 0.410 e. The van der Waals surface area contributed by atoms with Gasteiger partial charge in [-0.25, -0.2) is 14.5 Å². The molecule has 1 fully saturated rings. The van der Waals surface area contributed by atoms with E-state index in [0.717, 1.165) is 15.6 Å². The SMILES string of the molecule is Cc1ccc(-n2ncc3cnc(-c4cnn(CC(F)(F)F)c4)cc32)nc1N1CCN(C(=O)OC(C)(C)C)CC(O)C1. The number of carbonyl (C=O) groups is 1. The number of hydrogen-bond acceptors (Lipinski definition) is 8. The van der Waals surface area contributed by atoms with Crippen molar-refractivity contribution in [3.8, 4) is 17.1 Å². The monoisotopic (exact) mass is 572 g/mol. The van der Waals surface area contributed by atoms with Crippen molar-refractivity contribution in [1.82, 2.24) is 34.4 Å². The fraction of sp³-hybridized carbons (Fsp3) is 0.444. The molecule has 41 heavy (non-hydrogen) atoms. The molecule has 14 heteroatoms. The van der Waals surface area contributed by atoms with Crippen LogP contribution in [0.2, 0.25) is 0 Å². The van der Waals surface area contributed by atoms with Gasteiger partial charge in [0.15, 0.2) is 5.82 Å². The molecule has 4 aromatic heterocycles. The molecule has 5 heterocycles. The number of fused-ring (bicyclic) bond motifs is 1. The van der Waals surface area contributed by atoms with Gasteiger partial charge in [0.1, 0.15) is 18.0 Å². The van der Waals surface area contributed by atoms with Crippen LogP contribution in [-0.2, 0) is 11.3 Å². The third-order valence-electron chi connectivity index (χ3n) is 6.45. The van der Waals surface area contributed by atoms with E-state index in [-0.39, 0.29) is 13.1 Å². The minimum atomic E-state index is -4.38. The van der Waals surface area contributed by atoms with E-state index in [1.54, 1.807) is 43.9 Å². The Labute approximate surface area is 234 Å². The van der Waals surface area contributed by atoms with Crippen LogP contribution in [0.25, 0.3) is 28.0 Å². The number of hydrogen-bond donors (Lipinski definition) is 1. The highest BCUT2D eigenvalue weighted by atomic mass is 19.4. The normalized spacial score (nSPS) is 16.7. The summed E-state index contributed by atoms with van der Waals surface area (Å²) in [6.45, 7) is 7.30. The average molecular weight is 573 g/mol. The predicted octanol–water partition coefficient (Wildman–Crippen LogP) is 3.97. The molecule has 0 spiro atoms. The zero-order valence-electron chi connectivity index (χ0n) is 23.1. The third-order valence-corrected chi connectivity index (χ3v) is 6.45. The molecule has 0 saturated carbocycles. The van der Waals surface area contributed by atoms with Gasteiger partial charge in [0.25, 0.3) is 0 Å². The second kappa shape index (κ2) is 10.7. The summed E-state index contributed by atoms with van der Waals surface area (Å²) in [5.74, 6) is 1.15. The van der Waals surface area contributed by atoms with E-state index >= 15 is 0 Å². The van der Waals surface area contributed by atoms with Gasteiger partial charge < -0.3 is 19.6 Å². The number of β-amino-alcohol motifs (C(OH)–C–C–N with tert-alkyl or cyclic N) is 1. The second-order valence-corrected chi connectivity index (χ2v) is 11.1. The summed E-state index contributed by atoms with van der Waals surface area (Å²) < 4.78 is 46.3. The summed E-state index contributed by atoms with van der Waals surface area (Å²) >= 11 is 0. The number of amides is 1. The molecule has 1 N–H and O–H groups in total. The molecule has 0 bridgehead atoms. The molecule has 1 saturated heterocycles. The first-order valence-electron chi connectivity index (χ1n) is 13.1. The molecule has 0 aromatic carbocycles. The summed E-state index contributed by atoms with van der Waals surface area (Å²) in [4.78, 5) is 25.3. The standard InChI is InChI=1S/C27H31F3N8O3/c1-17-5-6-23(34-24(17)35-7-8-36(15-20(39)14-35)25(40)41-26(2,3)4)38-22-9-21(31-10-18(22)11-33-38)19-12-32-37(13-19)16-27(28,29)30/h5-6,9-13,20,39H,7-8,14-16H2,1-4H3. The number of carbonyl (C=O) groups excluding carboxylic acids is 1. The number of anilines is 1. The van der Waals surface area contributed by atoms with Gasteiger partial charge in [0.2, 0.25) is 0 Å². The Balaban J connectivity index is 1.42. The van der Waals surface area contributed by atoms with Crippen molar-refractivity contribution in [2.75, 3.05) is 31.1 Å². The molecule has 1 atom stereocenters. The van der Waals surface area contributed by atoms with Crippen molar-refractivity contribution in [2.24, 2.45) is 0 Å². The van der Waals surface area contributed by atoms with Crippen LogP contribution in [0.15, 0.2) is 43.0 Å². The number of aromatic nitrogens is 6. The van der Waals surface area contributed by atoms with Crippen molar-refractivity contribution < 1.29 is 27.8 Å². The lowest BCUT2D eigenvalue weighted by atomic mass is 10.2. The fourth-order valence-electron chi connectivity index (χ4n) is 4.65. The Morgan fingerprint density at radius 3 is 2.61 bits per heavy atom. The van der Waals surface area contributed by atoms with Gasteiger partial charge in [0, 0.05) is 43.0 Å². The molecule has 1 aliphatic heterocycles. The number of alkyl halides is 3. The molecule has 11 nitrogen and oxygen atoms in total. The van der Waals surface area contributed by atoms with Gasteiger partial charge in [-0.15, -0.1) is 0 Å². The van der Waals surface area contributed by atoms with Crippen LogP contribution >= 0.6 is 0 Å². The van der Waals surface area contributed by atoms with Crippen LogP contribution in [0.5, 0.6) is 0 Å². The first-order valence-corrected chi connectivity index (χ1v) is 13.1. The molecule has 1 unspecified atom stereocenters. The van der Waals surface area contributed by atoms with Crippen molar-refractivity contribution in [3.63, 3.8) is 0 Å². The van der Waals surface area contributed by atoms with E-state index in [1.807, 2.05) is 24.0 Å². The smallest absolute Gasteiger partial charge is 0.410 e. The third kappa shape index (κ3) is 6.59. The number of rotatable bonds is 4. The summed E-state index contributed by atoms with van der Waals surface area (Å²) in [6, 6.07) is 5.44. The molecule has 4 aromatic rings. The first-order chi connectivity index (χ1) is 19.3. The molecule has 0 radical (unpaired) electrons. The van der Waals surface area contributed by atoms with Crippen molar-refractivity contribution in [1.29, 1.82) is 0 Å². The van der Waals surface area contributed by atoms with Crippen LogP contribution in [0.4, 0.5) is 23.8 Å². The van der Waals surface area contributed by atoms with Gasteiger partial charge in [-0.2, -0.15) is 23.4 Å². The number of pyridine rings is 2. The van der Waals surface area contributed by atoms with Gasteiger partial charge in [-0.05, 0) is 45.4 Å². The molecule has 0 aliphatic carbocycles. The second-order valence-electron chi connectivity index (χ2n) is 11.1. The molecular formula is C27H31F3N8O3. The molecular weight excluding hydrogens is 541 g/mol. The number of aliphatic hydroxyl groups is 1. The minimum absolute atomic E-state index is 0.142. The lowest BCUT2D eigenvalue weighted by Crippen LogP contribution is -2.41. The van der Waals surface area contributed by atoms with Crippen molar-refractivity contribution >= 4 is 22.8 Å². The van der Waals surface area contributed by atoms with Crippen molar-refractivity contribution in [3.05, 3.63) is 48.5 Å². The van der Waals surface area contributed by atoms with Gasteiger partial charge >= 0.3 is 12.3 Å². The molecule has 5 rings (SSSR count). The first kappa shape index (κ1) is 28.3. The fourth-order valence-corrected chi connectivity index (χ4v) is 4.65. The molecule has 1 amide bonds. The van der Waals surface area contributed by atoms with Gasteiger partial charge in [-0.3, -0.25) is 9.67 Å². The van der Waals surface area contributed by atoms with Crippen molar-refractivity contribution in [2.45, 2.75) is 52.1 Å². The van der Waals surface area contributed by atoms with E-state index in [2.05, 4.69) is 15.2 Å². The number of aryl methyl sites for hydroxylation is 1. The predicted molar refractivity (Wildman–Crippen MR) is 145 cm³/mol. The van der Waals surface area contributed by atoms with Crippen LogP contribution in [0, 0.1) is 6.92 Å². The molecule has 1 aliphatic rings. The highest BCUT2D eigenvalue weighted by molar-refractivity contribution is 5.83. The van der Waals surface area contributed by atoms with Crippen LogP contribution < -0.4 is 4.90 Å². The number of aliphatic hydroxyl groups excluding tert-OH is 1. The van der Waals surface area contributed by atoms with E-state index in [9.17, 15) is 23.1 Å². The summed E-state index contributed by atoms with van der Waals surface area (Å²) in [5.41, 5.74) is 1.77. The van der Waals surface area contributed by atoms with E-state index in [1.165, 1.54) is 17.3 Å². The Bertz CT molecular complexity index is 1560. The van der Waals surface area contributed by atoms with Crippen LogP contribution in [0.1, 0.15) is 26.3 Å². The number of nitrogens with zero attached hydrogens (tertiary/aromatic N) is 8. The Kier molecular flexibility index (Phi) is 7.36. The number of halogens is 3. The maximum atomic E-state index is 12.8. The summed E-state index contributed by atoms with van der Waals surface area (Å²) in [5, 5.41) is 19.7. The van der Waals surface area contributed by atoms with E-state index in [0.29, 0.717) is 41.5 Å². The zero-order valence-corrected chi connectivity index (χ0v) is 23.1. The summed E-state index contributed by atoms with van der Waals surface area (Å²) in [7, 11) is 0. The Morgan fingerprint density at radius 1 is 1.10 bits per heavy atom. The maximum absolute atomic E-state index is 12.8. The lowest BCUT2D eigenvalue weighted by molar-refractivity contribution is -0.142. The van der Waals surface area contributed by atoms with Crippen LogP contribution in [0.3, 0.4) is 0 Å². The largest absolute Gasteiger partial charge is 0.444 e. The Morgan fingerprint density at radius 2 is 1.88 bits per heavy atom. The highest BCUT2D eigenvalue weighted by Gasteiger charge is 2.30.